The van der Waals surface area contributed by atoms with Crippen LogP contribution in [0.25, 0.3) is 0 Å². The highest BCUT2D eigenvalue weighted by atomic mass is 16.7. The third kappa shape index (κ3) is 11.0. The third-order valence-corrected chi connectivity index (χ3v) is 4.71. The van der Waals surface area contributed by atoms with Crippen molar-refractivity contribution in [3.05, 3.63) is 58.7 Å². The largest absolute Gasteiger partial charge is 0.467 e. The number of hydrogen-bond acceptors (Lipinski definition) is 4. The zero-order valence-corrected chi connectivity index (χ0v) is 21.8. The molecule has 0 unspecified atom stereocenters. The summed E-state index contributed by atoms with van der Waals surface area (Å²) in [6.07, 6.45) is 4.16. The molecule has 0 saturated carbocycles. The quantitative estimate of drug-likeness (QED) is 0.234. The molecule has 0 saturated heterocycles. The first-order chi connectivity index (χ1) is 15.7. The topological polar surface area (TPSA) is 36.9 Å². The Labute approximate surface area is 197 Å². The van der Waals surface area contributed by atoms with Crippen molar-refractivity contribution in [3.8, 4) is 11.5 Å². The van der Waals surface area contributed by atoms with E-state index in [0.29, 0.717) is 26.8 Å². The second-order valence-corrected chi connectivity index (χ2v) is 6.84. The van der Waals surface area contributed by atoms with Crippen LogP contribution in [0.4, 0.5) is 0 Å². The highest BCUT2D eigenvalue weighted by Gasteiger charge is 2.09. The number of rotatable bonds is 13. The van der Waals surface area contributed by atoms with Gasteiger partial charge in [0.2, 0.25) is 0 Å². The molecule has 0 aliphatic rings. The van der Waals surface area contributed by atoms with Crippen LogP contribution in [0, 0.1) is 13.8 Å². The fourth-order valence-corrected chi connectivity index (χ4v) is 3.23. The molecule has 4 heteroatoms. The van der Waals surface area contributed by atoms with Crippen LogP contribution in [-0.2, 0) is 22.3 Å². The molecule has 0 N–H and O–H groups in total. The van der Waals surface area contributed by atoms with Gasteiger partial charge in [-0.15, -0.1) is 0 Å². The van der Waals surface area contributed by atoms with Crippen molar-refractivity contribution in [2.75, 3.05) is 26.8 Å². The number of para-hydroxylation sites is 2. The SMILES string of the molecule is CC.CC.CCOCOc1c(C)cccc1CCCCc1cccc(C)c1OCOCC. The van der Waals surface area contributed by atoms with Gasteiger partial charge in [-0.05, 0) is 75.6 Å². The van der Waals surface area contributed by atoms with Crippen molar-refractivity contribution in [1.82, 2.24) is 0 Å². The minimum Gasteiger partial charge on any atom is -0.467 e. The minimum atomic E-state index is 0.304. The van der Waals surface area contributed by atoms with E-state index in [1.54, 1.807) is 0 Å². The van der Waals surface area contributed by atoms with Crippen LogP contribution in [0.2, 0.25) is 0 Å². The van der Waals surface area contributed by atoms with Gasteiger partial charge in [0.1, 0.15) is 11.5 Å². The summed E-state index contributed by atoms with van der Waals surface area (Å²) in [5.41, 5.74) is 4.80. The second-order valence-electron chi connectivity index (χ2n) is 6.84. The van der Waals surface area contributed by atoms with E-state index in [-0.39, 0.29) is 0 Å². The molecule has 0 aliphatic carbocycles. The maximum absolute atomic E-state index is 5.86. The molecule has 4 nitrogen and oxygen atoms in total. The lowest BCUT2D eigenvalue weighted by molar-refractivity contribution is 0.0211. The van der Waals surface area contributed by atoms with E-state index in [2.05, 4.69) is 50.2 Å². The molecular weight excluding hydrogens is 400 g/mol. The molecule has 0 radical (unpaired) electrons. The van der Waals surface area contributed by atoms with Crippen molar-refractivity contribution < 1.29 is 18.9 Å². The zero-order chi connectivity index (χ0) is 24.2. The zero-order valence-electron chi connectivity index (χ0n) is 21.8. The average molecular weight is 447 g/mol. The van der Waals surface area contributed by atoms with Crippen LogP contribution in [0.15, 0.2) is 36.4 Å². The maximum Gasteiger partial charge on any atom is 0.189 e. The lowest BCUT2D eigenvalue weighted by Gasteiger charge is -2.15. The molecule has 2 rings (SSSR count). The molecule has 0 amide bonds. The first-order valence-electron chi connectivity index (χ1n) is 12.2. The van der Waals surface area contributed by atoms with Crippen LogP contribution in [0.3, 0.4) is 0 Å². The van der Waals surface area contributed by atoms with Gasteiger partial charge < -0.3 is 18.9 Å². The molecule has 0 bridgehead atoms. The molecule has 182 valence electrons. The highest BCUT2D eigenvalue weighted by Crippen LogP contribution is 2.27. The van der Waals surface area contributed by atoms with Gasteiger partial charge in [-0.2, -0.15) is 0 Å². The third-order valence-electron chi connectivity index (χ3n) is 4.71. The van der Waals surface area contributed by atoms with Crippen molar-refractivity contribution >= 4 is 0 Å². The summed E-state index contributed by atoms with van der Waals surface area (Å²) in [5.74, 6) is 1.93. The van der Waals surface area contributed by atoms with Gasteiger partial charge in [0.05, 0.1) is 0 Å². The van der Waals surface area contributed by atoms with E-state index in [4.69, 9.17) is 18.9 Å². The van der Waals surface area contributed by atoms with Crippen LogP contribution >= 0.6 is 0 Å². The lowest BCUT2D eigenvalue weighted by Crippen LogP contribution is -2.06. The minimum absolute atomic E-state index is 0.304. The van der Waals surface area contributed by atoms with Gasteiger partial charge in [0, 0.05) is 13.2 Å². The molecule has 0 aromatic heterocycles. The smallest absolute Gasteiger partial charge is 0.189 e. The lowest BCUT2D eigenvalue weighted by atomic mass is 10.00. The second kappa shape index (κ2) is 19.6. The Bertz CT molecular complexity index is 651. The molecular formula is C28H46O4. The normalized spacial score (nSPS) is 9.88. The Morgan fingerprint density at radius 1 is 0.594 bits per heavy atom. The van der Waals surface area contributed by atoms with E-state index >= 15 is 0 Å². The Hall–Kier alpha value is -2.04. The summed E-state index contributed by atoms with van der Waals surface area (Å²) < 4.78 is 22.4. The molecule has 32 heavy (non-hydrogen) atoms. The standard InChI is InChI=1S/C24H34O4.2C2H6/c1-5-25-17-27-23-19(3)11-9-15-21(23)13-7-8-14-22-16-10-12-20(4)24(22)28-18-26-6-2;2*1-2/h9-12,15-16H,5-8,13-14,17-18H2,1-4H3;2*1-2H3. The van der Waals surface area contributed by atoms with Crippen molar-refractivity contribution in [3.63, 3.8) is 0 Å². The summed E-state index contributed by atoms with van der Waals surface area (Å²) in [6.45, 7) is 18.0. The van der Waals surface area contributed by atoms with Crippen molar-refractivity contribution in [2.24, 2.45) is 0 Å². The van der Waals surface area contributed by atoms with Crippen LogP contribution < -0.4 is 9.47 Å². The molecule has 0 fully saturated rings. The summed E-state index contributed by atoms with van der Waals surface area (Å²) in [4.78, 5) is 0. The summed E-state index contributed by atoms with van der Waals surface area (Å²) in [7, 11) is 0. The highest BCUT2D eigenvalue weighted by molar-refractivity contribution is 5.42. The summed E-state index contributed by atoms with van der Waals surface area (Å²) in [6, 6.07) is 12.7. The van der Waals surface area contributed by atoms with Crippen LogP contribution in [0.1, 0.15) is 76.6 Å². The molecule has 0 spiro atoms. The maximum atomic E-state index is 5.86. The van der Waals surface area contributed by atoms with Crippen molar-refractivity contribution in [2.45, 2.75) is 81.1 Å². The van der Waals surface area contributed by atoms with Gasteiger partial charge >= 0.3 is 0 Å². The van der Waals surface area contributed by atoms with Crippen molar-refractivity contribution in [1.29, 1.82) is 0 Å². The monoisotopic (exact) mass is 446 g/mol. The Balaban J connectivity index is 0.00000227. The van der Waals surface area contributed by atoms with Crippen LogP contribution in [0.5, 0.6) is 11.5 Å². The van der Waals surface area contributed by atoms with E-state index in [9.17, 15) is 0 Å². The van der Waals surface area contributed by atoms with E-state index in [1.165, 1.54) is 11.1 Å². The molecule has 0 aliphatic heterocycles. The van der Waals surface area contributed by atoms with Gasteiger partial charge in [-0.3, -0.25) is 0 Å². The summed E-state index contributed by atoms with van der Waals surface area (Å²) >= 11 is 0. The number of unbranched alkanes of at least 4 members (excludes halogenated alkanes) is 1. The number of ether oxygens (including phenoxy) is 4. The van der Waals surface area contributed by atoms with Gasteiger partial charge in [-0.25, -0.2) is 0 Å². The molecule has 2 aromatic rings. The van der Waals surface area contributed by atoms with E-state index in [1.807, 2.05) is 41.5 Å². The van der Waals surface area contributed by atoms with Crippen LogP contribution in [-0.4, -0.2) is 26.8 Å². The predicted molar refractivity (Wildman–Crippen MR) is 136 cm³/mol. The number of benzene rings is 2. The average Bonchev–Trinajstić information content (AvgIpc) is 2.82. The molecule has 0 atom stereocenters. The Morgan fingerprint density at radius 3 is 1.31 bits per heavy atom. The van der Waals surface area contributed by atoms with Gasteiger partial charge in [0.15, 0.2) is 13.6 Å². The molecule has 2 aromatic carbocycles. The summed E-state index contributed by atoms with van der Waals surface area (Å²) in [5, 5.41) is 0. The Morgan fingerprint density at radius 2 is 0.969 bits per heavy atom. The van der Waals surface area contributed by atoms with E-state index < -0.39 is 0 Å². The predicted octanol–water partition coefficient (Wildman–Crippen LogP) is 7.67. The number of aryl methyl sites for hydroxylation is 4. The van der Waals surface area contributed by atoms with Gasteiger partial charge in [0.25, 0.3) is 0 Å². The first-order valence-corrected chi connectivity index (χ1v) is 12.2. The fourth-order valence-electron chi connectivity index (χ4n) is 3.23. The van der Waals surface area contributed by atoms with Gasteiger partial charge in [-0.1, -0.05) is 64.1 Å². The Kier molecular flexibility index (Phi) is 18.4. The first kappa shape index (κ1) is 30.0. The molecule has 0 heterocycles. The fraction of sp³-hybridized carbons (Fsp3) is 0.571. The van der Waals surface area contributed by atoms with E-state index in [0.717, 1.165) is 48.3 Å². The number of hydrogen-bond donors (Lipinski definition) is 0.